The summed E-state index contributed by atoms with van der Waals surface area (Å²) in [4.78, 5) is 0. The molecule has 0 spiro atoms. The third-order valence-electron chi connectivity index (χ3n) is 5.74. The van der Waals surface area contributed by atoms with Gasteiger partial charge >= 0.3 is 0 Å². The second-order valence-corrected chi connectivity index (χ2v) is 8.45. The zero-order valence-electron chi connectivity index (χ0n) is 18.2. The Bertz CT molecular complexity index is 971. The summed E-state index contributed by atoms with van der Waals surface area (Å²) in [5.74, 6) is 0.588. The molecule has 3 rings (SSSR count). The van der Waals surface area contributed by atoms with Crippen LogP contribution >= 0.6 is 0 Å². The first-order valence-corrected chi connectivity index (χ1v) is 10.7. The first-order valence-electron chi connectivity index (χ1n) is 10.7. The van der Waals surface area contributed by atoms with Gasteiger partial charge in [0, 0.05) is 0 Å². The fourth-order valence-electron chi connectivity index (χ4n) is 3.64. The van der Waals surface area contributed by atoms with Crippen LogP contribution in [0.5, 0.6) is 11.5 Å². The lowest BCUT2D eigenvalue weighted by Crippen LogP contribution is -2.17. The van der Waals surface area contributed by atoms with Crippen molar-refractivity contribution < 1.29 is 9.13 Å². The van der Waals surface area contributed by atoms with E-state index in [1.54, 1.807) is 0 Å². The van der Waals surface area contributed by atoms with Crippen molar-refractivity contribution in [1.82, 2.24) is 0 Å². The van der Waals surface area contributed by atoms with Crippen LogP contribution in [0.4, 0.5) is 4.39 Å². The van der Waals surface area contributed by atoms with E-state index in [4.69, 9.17) is 4.74 Å². The van der Waals surface area contributed by atoms with Crippen molar-refractivity contribution in [2.24, 2.45) is 0 Å². The molecule has 156 valence electrons. The van der Waals surface area contributed by atoms with Crippen molar-refractivity contribution in [3.05, 3.63) is 102 Å². The summed E-state index contributed by atoms with van der Waals surface area (Å²) in [5, 5.41) is 0. The number of rotatable bonds is 9. The normalized spacial score (nSPS) is 11.3. The molecule has 0 amide bonds. The lowest BCUT2D eigenvalue weighted by Gasteiger charge is -2.26. The lowest BCUT2D eigenvalue weighted by molar-refractivity contribution is 0.439. The van der Waals surface area contributed by atoms with E-state index in [1.807, 2.05) is 42.5 Å². The molecule has 30 heavy (non-hydrogen) atoms. The Labute approximate surface area is 180 Å². The summed E-state index contributed by atoms with van der Waals surface area (Å²) < 4.78 is 19.9. The van der Waals surface area contributed by atoms with Gasteiger partial charge in [-0.05, 0) is 77.6 Å². The van der Waals surface area contributed by atoms with Crippen LogP contribution in [0.1, 0.15) is 56.7 Å². The summed E-state index contributed by atoms with van der Waals surface area (Å²) in [7, 11) is 0. The average molecular weight is 403 g/mol. The Morgan fingerprint density at radius 2 is 1.67 bits per heavy atom. The number of aryl methyl sites for hydroxylation is 1. The molecule has 0 unspecified atom stereocenters. The SMILES string of the molecule is C=C(CC)c1ccc(C(C)(C)CCCc2ccc(F)c(Oc3ccccc3)c2)cc1. The first kappa shape index (κ1) is 21.8. The monoisotopic (exact) mass is 402 g/mol. The molecule has 0 atom stereocenters. The van der Waals surface area contributed by atoms with Gasteiger partial charge in [-0.2, -0.15) is 0 Å². The molecule has 0 fully saturated rings. The van der Waals surface area contributed by atoms with E-state index in [9.17, 15) is 4.39 Å². The summed E-state index contributed by atoms with van der Waals surface area (Å²) >= 11 is 0. The van der Waals surface area contributed by atoms with Crippen LogP contribution in [0, 0.1) is 5.82 Å². The maximum atomic E-state index is 14.2. The van der Waals surface area contributed by atoms with E-state index >= 15 is 0 Å². The maximum absolute atomic E-state index is 14.2. The van der Waals surface area contributed by atoms with Gasteiger partial charge in [-0.25, -0.2) is 4.39 Å². The number of hydrogen-bond acceptors (Lipinski definition) is 1. The van der Waals surface area contributed by atoms with Crippen molar-refractivity contribution in [3.63, 3.8) is 0 Å². The largest absolute Gasteiger partial charge is 0.454 e. The molecule has 0 radical (unpaired) electrons. The third kappa shape index (κ3) is 5.60. The molecule has 3 aromatic carbocycles. The minimum atomic E-state index is -0.336. The average Bonchev–Trinajstić information content (AvgIpc) is 2.76. The molecular weight excluding hydrogens is 371 g/mol. The van der Waals surface area contributed by atoms with Gasteiger partial charge in [-0.3, -0.25) is 0 Å². The van der Waals surface area contributed by atoms with Crippen molar-refractivity contribution >= 4 is 5.57 Å². The number of para-hydroxylation sites is 1. The summed E-state index contributed by atoms with van der Waals surface area (Å²) in [6.45, 7) is 10.8. The smallest absolute Gasteiger partial charge is 0.165 e. The Morgan fingerprint density at radius 3 is 2.33 bits per heavy atom. The summed E-state index contributed by atoms with van der Waals surface area (Å²) in [5.41, 5.74) is 4.89. The minimum Gasteiger partial charge on any atom is -0.454 e. The van der Waals surface area contributed by atoms with E-state index in [-0.39, 0.29) is 17.0 Å². The summed E-state index contributed by atoms with van der Waals surface area (Å²) in [6.07, 6.45) is 3.93. The van der Waals surface area contributed by atoms with Crippen LogP contribution in [0.25, 0.3) is 5.57 Å². The van der Waals surface area contributed by atoms with Crippen molar-refractivity contribution in [2.45, 2.75) is 51.9 Å². The molecule has 0 heterocycles. The van der Waals surface area contributed by atoms with Gasteiger partial charge in [0.25, 0.3) is 0 Å². The third-order valence-corrected chi connectivity index (χ3v) is 5.74. The van der Waals surface area contributed by atoms with E-state index < -0.39 is 0 Å². The van der Waals surface area contributed by atoms with Crippen LogP contribution in [-0.4, -0.2) is 0 Å². The highest BCUT2D eigenvalue weighted by Gasteiger charge is 2.20. The Morgan fingerprint density at radius 1 is 0.967 bits per heavy atom. The second-order valence-electron chi connectivity index (χ2n) is 8.45. The predicted octanol–water partition coefficient (Wildman–Crippen LogP) is 8.34. The van der Waals surface area contributed by atoms with Crippen molar-refractivity contribution in [1.29, 1.82) is 0 Å². The molecule has 0 aliphatic heterocycles. The topological polar surface area (TPSA) is 9.23 Å². The van der Waals surface area contributed by atoms with Gasteiger partial charge in [0.1, 0.15) is 5.75 Å². The first-order chi connectivity index (χ1) is 14.4. The van der Waals surface area contributed by atoms with Crippen LogP contribution in [0.2, 0.25) is 0 Å². The van der Waals surface area contributed by atoms with Gasteiger partial charge in [0.15, 0.2) is 11.6 Å². The van der Waals surface area contributed by atoms with Gasteiger partial charge < -0.3 is 4.74 Å². The number of ether oxygens (including phenoxy) is 1. The van der Waals surface area contributed by atoms with Crippen LogP contribution < -0.4 is 4.74 Å². The minimum absolute atomic E-state index is 0.0788. The molecule has 1 nitrogen and oxygen atoms in total. The van der Waals surface area contributed by atoms with Gasteiger partial charge in [-0.15, -0.1) is 0 Å². The molecule has 0 saturated heterocycles. The fourth-order valence-corrected chi connectivity index (χ4v) is 3.64. The van der Waals surface area contributed by atoms with E-state index in [1.165, 1.54) is 22.8 Å². The molecular formula is C28H31FO. The van der Waals surface area contributed by atoms with Crippen molar-refractivity contribution in [2.75, 3.05) is 0 Å². The van der Waals surface area contributed by atoms with Gasteiger partial charge in [-0.1, -0.05) is 75.9 Å². The highest BCUT2D eigenvalue weighted by Crippen LogP contribution is 2.31. The highest BCUT2D eigenvalue weighted by molar-refractivity contribution is 5.63. The predicted molar refractivity (Wildman–Crippen MR) is 125 cm³/mol. The van der Waals surface area contributed by atoms with Crippen LogP contribution in [-0.2, 0) is 11.8 Å². The maximum Gasteiger partial charge on any atom is 0.165 e. The molecule has 0 saturated carbocycles. The zero-order valence-corrected chi connectivity index (χ0v) is 18.2. The Balaban J connectivity index is 1.61. The lowest BCUT2D eigenvalue weighted by atomic mass is 9.79. The van der Waals surface area contributed by atoms with Crippen molar-refractivity contribution in [3.8, 4) is 11.5 Å². The Hall–Kier alpha value is -2.87. The van der Waals surface area contributed by atoms with Gasteiger partial charge in [0.2, 0.25) is 0 Å². The molecule has 0 aliphatic carbocycles. The number of benzene rings is 3. The zero-order chi connectivity index (χ0) is 21.6. The second kappa shape index (κ2) is 9.75. The van der Waals surface area contributed by atoms with Gasteiger partial charge in [0.05, 0.1) is 0 Å². The molecule has 0 aliphatic rings. The molecule has 0 bridgehead atoms. The quantitative estimate of drug-likeness (QED) is 0.349. The Kier molecular flexibility index (Phi) is 7.10. The van der Waals surface area contributed by atoms with E-state index in [0.717, 1.165) is 31.2 Å². The molecule has 0 aromatic heterocycles. The highest BCUT2D eigenvalue weighted by atomic mass is 19.1. The van der Waals surface area contributed by atoms with E-state index in [2.05, 4.69) is 51.6 Å². The molecule has 3 aromatic rings. The number of hydrogen-bond donors (Lipinski definition) is 0. The number of halogens is 1. The number of allylic oxidation sites excluding steroid dienone is 1. The molecule has 0 N–H and O–H groups in total. The molecule has 2 heteroatoms. The van der Waals surface area contributed by atoms with E-state index in [0.29, 0.717) is 5.75 Å². The summed E-state index contributed by atoms with van der Waals surface area (Å²) in [6, 6.07) is 23.3. The standard InChI is InChI=1S/C28H31FO/c1-5-21(2)23-14-16-24(17-15-23)28(3,4)19-9-10-22-13-18-26(29)27(20-22)30-25-11-7-6-8-12-25/h6-8,11-18,20H,2,5,9-10,19H2,1,3-4H3. The van der Waals surface area contributed by atoms with Crippen LogP contribution in [0.3, 0.4) is 0 Å². The fraction of sp³-hybridized carbons (Fsp3) is 0.286. The van der Waals surface area contributed by atoms with Crippen LogP contribution in [0.15, 0.2) is 79.4 Å².